The number of azo groups is 1. The molecule has 3 aromatic rings. The van der Waals surface area contributed by atoms with Gasteiger partial charge in [0.2, 0.25) is 16.9 Å². The van der Waals surface area contributed by atoms with E-state index < -0.39 is 0 Å². The van der Waals surface area contributed by atoms with Crippen molar-refractivity contribution in [3.8, 4) is 5.88 Å². The topological polar surface area (TPSA) is 105 Å². The summed E-state index contributed by atoms with van der Waals surface area (Å²) < 4.78 is 1.42. The third kappa shape index (κ3) is 4.07. The molecular weight excluding hydrogens is 386 g/mol. The number of nitrogens with zero attached hydrogens (tertiary/aromatic N) is 3. The number of nitrogens with one attached hydrogen (secondary N) is 1. The van der Waals surface area contributed by atoms with Crippen molar-refractivity contribution in [2.75, 3.05) is 5.32 Å². The summed E-state index contributed by atoms with van der Waals surface area (Å²) in [5, 5.41) is 21.8. The van der Waals surface area contributed by atoms with Gasteiger partial charge in [0.05, 0.1) is 5.52 Å². The molecule has 1 amide bonds. The van der Waals surface area contributed by atoms with E-state index in [1.165, 1.54) is 4.57 Å². The number of carbonyl (C=O) groups excluding carboxylic acids is 1. The van der Waals surface area contributed by atoms with Crippen LogP contribution in [-0.4, -0.2) is 20.7 Å². The number of thiocarbonyl (C=S) groups is 1. The maximum atomic E-state index is 12.5. The van der Waals surface area contributed by atoms with Gasteiger partial charge in [-0.2, -0.15) is 0 Å². The van der Waals surface area contributed by atoms with Crippen molar-refractivity contribution in [3.05, 3.63) is 53.1 Å². The lowest BCUT2D eigenvalue weighted by Crippen LogP contribution is -2.19. The van der Waals surface area contributed by atoms with Crippen LogP contribution in [0.1, 0.15) is 5.56 Å². The fraction of sp³-hybridized carbons (Fsp3) is 0.111. The van der Waals surface area contributed by atoms with Crippen LogP contribution >= 0.6 is 23.8 Å². The van der Waals surface area contributed by atoms with Crippen LogP contribution in [0, 0.1) is 6.92 Å². The number of fused-ring (bicyclic) bond motifs is 1. The average molecular weight is 402 g/mol. The van der Waals surface area contributed by atoms with Gasteiger partial charge in [-0.25, -0.2) is 0 Å². The van der Waals surface area contributed by atoms with Crippen LogP contribution in [0.5, 0.6) is 5.88 Å². The lowest BCUT2D eigenvalue weighted by Gasteiger charge is -2.10. The van der Waals surface area contributed by atoms with E-state index in [0.29, 0.717) is 21.6 Å². The fourth-order valence-electron chi connectivity index (χ4n) is 2.70. The summed E-state index contributed by atoms with van der Waals surface area (Å²) in [7, 11) is 0. The molecule has 0 saturated heterocycles. The zero-order chi connectivity index (χ0) is 19.6. The summed E-state index contributed by atoms with van der Waals surface area (Å²) in [4.78, 5) is 12.5. The molecule has 27 heavy (non-hydrogen) atoms. The first-order chi connectivity index (χ1) is 12.9. The number of hydrogen-bond donors (Lipinski definition) is 3. The fourth-order valence-corrected chi connectivity index (χ4v) is 2.91. The molecular formula is C18H16ClN5O2S. The Kier molecular flexibility index (Phi) is 5.38. The molecule has 0 aliphatic rings. The third-order valence-electron chi connectivity index (χ3n) is 3.94. The highest BCUT2D eigenvalue weighted by atomic mass is 35.5. The van der Waals surface area contributed by atoms with E-state index in [1.807, 2.05) is 31.2 Å². The molecule has 138 valence electrons. The summed E-state index contributed by atoms with van der Waals surface area (Å²) in [5.74, 6) is -0.531. The van der Waals surface area contributed by atoms with E-state index >= 15 is 0 Å². The van der Waals surface area contributed by atoms with Crippen LogP contribution in [0.4, 0.5) is 11.4 Å². The number of para-hydroxylation sites is 1. The minimum atomic E-state index is -0.302. The second-order valence-corrected chi connectivity index (χ2v) is 6.68. The lowest BCUT2D eigenvalue weighted by atomic mass is 10.2. The largest absolute Gasteiger partial charge is 0.493 e. The van der Waals surface area contributed by atoms with E-state index in [-0.39, 0.29) is 29.1 Å². The van der Waals surface area contributed by atoms with Gasteiger partial charge in [-0.05, 0) is 49.0 Å². The Morgan fingerprint density at radius 1 is 1.33 bits per heavy atom. The molecule has 0 aliphatic carbocycles. The molecule has 7 nitrogen and oxygen atoms in total. The maximum Gasteiger partial charge on any atom is 0.244 e. The molecule has 2 aromatic carbocycles. The molecule has 0 saturated carbocycles. The molecule has 0 aliphatic heterocycles. The van der Waals surface area contributed by atoms with E-state index in [4.69, 9.17) is 17.3 Å². The highest BCUT2D eigenvalue weighted by Crippen LogP contribution is 2.40. The maximum absolute atomic E-state index is 12.5. The lowest BCUT2D eigenvalue weighted by molar-refractivity contribution is -0.116. The number of carbonyl (C=O) groups is 1. The van der Waals surface area contributed by atoms with E-state index in [9.17, 15) is 9.90 Å². The number of halogens is 1. The number of anilines is 1. The summed E-state index contributed by atoms with van der Waals surface area (Å²) in [5.41, 5.74) is 7.70. The van der Waals surface area contributed by atoms with Gasteiger partial charge in [0, 0.05) is 16.1 Å². The Balaban J connectivity index is 1.99. The Hall–Kier alpha value is -2.97. The summed E-state index contributed by atoms with van der Waals surface area (Å²) >= 11 is 10.7. The van der Waals surface area contributed by atoms with Crippen LogP contribution in [0.15, 0.2) is 52.7 Å². The molecule has 4 N–H and O–H groups in total. The molecule has 1 aromatic heterocycles. The number of hydrogen-bond acceptors (Lipinski definition) is 4. The van der Waals surface area contributed by atoms with Crippen LogP contribution < -0.4 is 11.1 Å². The van der Waals surface area contributed by atoms with Gasteiger partial charge in [0.15, 0.2) is 5.69 Å². The molecule has 0 spiro atoms. The van der Waals surface area contributed by atoms with Crippen LogP contribution in [0.2, 0.25) is 5.02 Å². The highest BCUT2D eigenvalue weighted by Gasteiger charge is 2.19. The van der Waals surface area contributed by atoms with Gasteiger partial charge in [-0.15, -0.1) is 10.2 Å². The number of nitrogens with two attached hydrogens (primary N) is 1. The van der Waals surface area contributed by atoms with Gasteiger partial charge in [0.1, 0.15) is 6.54 Å². The molecule has 0 atom stereocenters. The Morgan fingerprint density at radius 3 is 2.78 bits per heavy atom. The average Bonchev–Trinajstić information content (AvgIpc) is 2.86. The standard InChI is InChI=1S/C18H16ClN5O2S/c1-10-4-2-3-5-13(10)21-15(25)9-24-14-7-6-11(19)8-12(14)16(17(24)26)22-23-18(20)27/h2-8,26H,9H2,1H3,(H2,20,27)(H,21,25). The molecule has 1 heterocycles. The highest BCUT2D eigenvalue weighted by molar-refractivity contribution is 7.80. The number of aryl methyl sites for hydroxylation is 1. The van der Waals surface area contributed by atoms with Crippen LogP contribution in [0.25, 0.3) is 10.9 Å². The summed E-state index contributed by atoms with van der Waals surface area (Å²) in [6.45, 7) is 1.77. The number of aromatic hydroxyl groups is 1. The van der Waals surface area contributed by atoms with Crippen LogP contribution in [-0.2, 0) is 11.3 Å². The smallest absolute Gasteiger partial charge is 0.244 e. The Morgan fingerprint density at radius 2 is 2.07 bits per heavy atom. The predicted molar refractivity (Wildman–Crippen MR) is 110 cm³/mol. The van der Waals surface area contributed by atoms with E-state index in [2.05, 4.69) is 27.8 Å². The zero-order valence-electron chi connectivity index (χ0n) is 14.3. The van der Waals surface area contributed by atoms with Crippen molar-refractivity contribution in [2.45, 2.75) is 13.5 Å². The number of benzene rings is 2. The normalized spacial score (nSPS) is 11.2. The summed E-state index contributed by atoms with van der Waals surface area (Å²) in [6.07, 6.45) is 0. The van der Waals surface area contributed by atoms with Gasteiger partial charge < -0.3 is 20.7 Å². The molecule has 9 heteroatoms. The molecule has 0 fully saturated rings. The van der Waals surface area contributed by atoms with Crippen molar-refractivity contribution in [1.29, 1.82) is 0 Å². The minimum Gasteiger partial charge on any atom is -0.493 e. The molecule has 3 rings (SSSR count). The van der Waals surface area contributed by atoms with Crippen LogP contribution in [0.3, 0.4) is 0 Å². The number of amides is 1. The minimum absolute atomic E-state index is 0.124. The second kappa shape index (κ2) is 7.73. The monoisotopic (exact) mass is 401 g/mol. The predicted octanol–water partition coefficient (Wildman–Crippen LogP) is 4.27. The Bertz CT molecular complexity index is 1080. The van der Waals surface area contributed by atoms with Gasteiger partial charge in [-0.1, -0.05) is 29.8 Å². The second-order valence-electron chi connectivity index (χ2n) is 5.82. The van der Waals surface area contributed by atoms with Crippen molar-refractivity contribution in [1.82, 2.24) is 4.57 Å². The van der Waals surface area contributed by atoms with Crippen molar-refractivity contribution in [3.63, 3.8) is 0 Å². The quantitative estimate of drug-likeness (QED) is 0.448. The van der Waals surface area contributed by atoms with Gasteiger partial charge >= 0.3 is 0 Å². The first-order valence-electron chi connectivity index (χ1n) is 7.94. The molecule has 0 bridgehead atoms. The summed E-state index contributed by atoms with van der Waals surface area (Å²) in [6, 6.07) is 12.4. The Labute approximate surface area is 165 Å². The van der Waals surface area contributed by atoms with Gasteiger partial charge in [0.25, 0.3) is 0 Å². The van der Waals surface area contributed by atoms with Crippen molar-refractivity contribution < 1.29 is 9.90 Å². The van der Waals surface area contributed by atoms with Crippen molar-refractivity contribution in [2.24, 2.45) is 16.0 Å². The van der Waals surface area contributed by atoms with Gasteiger partial charge in [-0.3, -0.25) is 4.79 Å². The van der Waals surface area contributed by atoms with Crippen molar-refractivity contribution >= 4 is 57.1 Å². The third-order valence-corrected chi connectivity index (χ3v) is 4.26. The van der Waals surface area contributed by atoms with E-state index in [1.54, 1.807) is 18.2 Å². The molecule has 0 radical (unpaired) electrons. The molecule has 0 unspecified atom stereocenters. The zero-order valence-corrected chi connectivity index (χ0v) is 15.9. The SMILES string of the molecule is Cc1ccccc1NC(=O)Cn1c(O)c(N=NC(N)=S)c2cc(Cl)ccc21. The first-order valence-corrected chi connectivity index (χ1v) is 8.73. The van der Waals surface area contributed by atoms with E-state index in [0.717, 1.165) is 5.56 Å². The first kappa shape index (κ1) is 18.8. The number of aromatic nitrogens is 1. The number of rotatable bonds is 4.